The fourth-order valence-corrected chi connectivity index (χ4v) is 3.54. The summed E-state index contributed by atoms with van der Waals surface area (Å²) in [5, 5.41) is 3.59. The molecule has 0 radical (unpaired) electrons. The van der Waals surface area contributed by atoms with Gasteiger partial charge in [-0.05, 0) is 56.4 Å². The second-order valence-corrected chi connectivity index (χ2v) is 6.33. The Balaban J connectivity index is 1.77. The van der Waals surface area contributed by atoms with E-state index in [2.05, 4.69) is 42.4 Å². The molecule has 104 valence electrons. The number of anilines is 2. The fourth-order valence-electron chi connectivity index (χ4n) is 3.54. The molecule has 0 saturated heterocycles. The SMILES string of the molecule is CC1CCc2cc(N(C)C3CCCCC3)ccc2N1. The van der Waals surface area contributed by atoms with Crippen molar-refractivity contribution in [2.75, 3.05) is 17.3 Å². The minimum atomic E-state index is 0.620. The van der Waals surface area contributed by atoms with E-state index in [1.807, 2.05) is 0 Å². The first-order valence-electron chi connectivity index (χ1n) is 7.86. The molecule has 2 heteroatoms. The van der Waals surface area contributed by atoms with Gasteiger partial charge in [-0.1, -0.05) is 19.3 Å². The predicted molar refractivity (Wildman–Crippen MR) is 83.1 cm³/mol. The maximum Gasteiger partial charge on any atom is 0.0376 e. The summed E-state index contributed by atoms with van der Waals surface area (Å²) in [5.74, 6) is 0. The lowest BCUT2D eigenvalue weighted by Crippen LogP contribution is -2.33. The third-order valence-corrected chi connectivity index (χ3v) is 4.87. The molecule has 1 aliphatic carbocycles. The van der Waals surface area contributed by atoms with Crippen LogP contribution in [0.4, 0.5) is 11.4 Å². The molecule has 0 spiro atoms. The third kappa shape index (κ3) is 2.72. The first-order chi connectivity index (χ1) is 9.24. The van der Waals surface area contributed by atoms with E-state index in [4.69, 9.17) is 0 Å². The molecule has 2 nitrogen and oxygen atoms in total. The van der Waals surface area contributed by atoms with Crippen LogP contribution in [0.3, 0.4) is 0 Å². The van der Waals surface area contributed by atoms with Gasteiger partial charge in [0.2, 0.25) is 0 Å². The fraction of sp³-hybridized carbons (Fsp3) is 0.647. The largest absolute Gasteiger partial charge is 0.382 e. The first-order valence-corrected chi connectivity index (χ1v) is 7.86. The van der Waals surface area contributed by atoms with Crippen LogP contribution < -0.4 is 10.2 Å². The molecule has 0 aromatic heterocycles. The van der Waals surface area contributed by atoms with E-state index < -0.39 is 0 Å². The molecule has 1 atom stereocenters. The average molecular weight is 258 g/mol. The highest BCUT2D eigenvalue weighted by Gasteiger charge is 2.20. The highest BCUT2D eigenvalue weighted by molar-refractivity contribution is 5.62. The van der Waals surface area contributed by atoms with Crippen molar-refractivity contribution in [2.24, 2.45) is 0 Å². The molecule has 1 aromatic rings. The smallest absolute Gasteiger partial charge is 0.0376 e. The first kappa shape index (κ1) is 12.8. The van der Waals surface area contributed by atoms with Gasteiger partial charge in [-0.2, -0.15) is 0 Å². The summed E-state index contributed by atoms with van der Waals surface area (Å²) < 4.78 is 0. The van der Waals surface area contributed by atoms with Crippen LogP contribution in [0.15, 0.2) is 18.2 Å². The summed E-state index contributed by atoms with van der Waals surface area (Å²) >= 11 is 0. The highest BCUT2D eigenvalue weighted by Crippen LogP contribution is 2.31. The Kier molecular flexibility index (Phi) is 3.67. The van der Waals surface area contributed by atoms with Crippen LogP contribution >= 0.6 is 0 Å². The van der Waals surface area contributed by atoms with Crippen LogP contribution in [0.1, 0.15) is 51.0 Å². The molecule has 1 N–H and O–H groups in total. The number of rotatable bonds is 2. The zero-order valence-corrected chi connectivity index (χ0v) is 12.3. The molecule has 19 heavy (non-hydrogen) atoms. The molecule has 3 rings (SSSR count). The third-order valence-electron chi connectivity index (χ3n) is 4.87. The number of benzene rings is 1. The molecule has 1 unspecified atom stereocenters. The standard InChI is InChI=1S/C17H26N2/c1-13-8-9-14-12-16(10-11-17(14)18-13)19(2)15-6-4-3-5-7-15/h10-13,15,18H,3-9H2,1-2H3. The predicted octanol–water partition coefficient (Wildman–Crippen LogP) is 4.20. The normalized spacial score (nSPS) is 23.6. The Bertz CT molecular complexity index is 435. The number of nitrogens with zero attached hydrogens (tertiary/aromatic N) is 1. The van der Waals surface area contributed by atoms with Gasteiger partial charge in [0, 0.05) is 30.5 Å². The van der Waals surface area contributed by atoms with E-state index in [0.29, 0.717) is 6.04 Å². The van der Waals surface area contributed by atoms with Crippen molar-refractivity contribution in [3.05, 3.63) is 23.8 Å². The summed E-state index contributed by atoms with van der Waals surface area (Å²) in [5.41, 5.74) is 4.25. The maximum absolute atomic E-state index is 3.59. The van der Waals surface area contributed by atoms with Crippen molar-refractivity contribution in [3.8, 4) is 0 Å². The molecule has 1 heterocycles. The second kappa shape index (κ2) is 5.44. The van der Waals surface area contributed by atoms with Crippen molar-refractivity contribution in [3.63, 3.8) is 0 Å². The Labute approximate surface area is 117 Å². The molecule has 0 bridgehead atoms. The van der Waals surface area contributed by atoms with E-state index in [1.165, 1.54) is 61.9 Å². The van der Waals surface area contributed by atoms with Crippen molar-refractivity contribution < 1.29 is 0 Å². The van der Waals surface area contributed by atoms with Gasteiger partial charge < -0.3 is 10.2 Å². The molecule has 1 saturated carbocycles. The molecule has 1 aliphatic heterocycles. The minimum Gasteiger partial charge on any atom is -0.382 e. The van der Waals surface area contributed by atoms with Crippen LogP contribution in [0.25, 0.3) is 0 Å². The molecule has 1 fully saturated rings. The number of hydrogen-bond acceptors (Lipinski definition) is 2. The molecule has 0 amide bonds. The van der Waals surface area contributed by atoms with Crippen LogP contribution in [0.5, 0.6) is 0 Å². The van der Waals surface area contributed by atoms with Gasteiger partial charge in [-0.15, -0.1) is 0 Å². The van der Waals surface area contributed by atoms with Gasteiger partial charge in [0.15, 0.2) is 0 Å². The zero-order chi connectivity index (χ0) is 13.2. The molecular weight excluding hydrogens is 232 g/mol. The summed E-state index contributed by atoms with van der Waals surface area (Å²) in [4.78, 5) is 2.51. The summed E-state index contributed by atoms with van der Waals surface area (Å²) in [7, 11) is 2.27. The van der Waals surface area contributed by atoms with Crippen LogP contribution in [0.2, 0.25) is 0 Å². The van der Waals surface area contributed by atoms with Crippen LogP contribution in [0, 0.1) is 0 Å². The monoisotopic (exact) mass is 258 g/mol. The molecule has 2 aliphatic rings. The van der Waals surface area contributed by atoms with Gasteiger partial charge in [-0.3, -0.25) is 0 Å². The topological polar surface area (TPSA) is 15.3 Å². The van der Waals surface area contributed by atoms with Gasteiger partial charge >= 0.3 is 0 Å². The maximum atomic E-state index is 3.59. The minimum absolute atomic E-state index is 0.620. The quantitative estimate of drug-likeness (QED) is 0.855. The molecular formula is C17H26N2. The number of fused-ring (bicyclic) bond motifs is 1. The van der Waals surface area contributed by atoms with Crippen molar-refractivity contribution in [2.45, 2.75) is 64.0 Å². The lowest BCUT2D eigenvalue weighted by atomic mass is 9.93. The van der Waals surface area contributed by atoms with Crippen molar-refractivity contribution in [1.29, 1.82) is 0 Å². The Morgan fingerprint density at radius 3 is 2.68 bits per heavy atom. The zero-order valence-electron chi connectivity index (χ0n) is 12.3. The van der Waals surface area contributed by atoms with Gasteiger partial charge in [0.05, 0.1) is 0 Å². The van der Waals surface area contributed by atoms with E-state index in [-0.39, 0.29) is 0 Å². The Morgan fingerprint density at radius 2 is 1.89 bits per heavy atom. The average Bonchev–Trinajstić information content (AvgIpc) is 2.47. The van der Waals surface area contributed by atoms with Gasteiger partial charge in [0.1, 0.15) is 0 Å². The summed E-state index contributed by atoms with van der Waals surface area (Å²) in [6, 6.07) is 8.35. The lowest BCUT2D eigenvalue weighted by molar-refractivity contribution is 0.427. The summed E-state index contributed by atoms with van der Waals surface area (Å²) in [6.45, 7) is 2.27. The van der Waals surface area contributed by atoms with E-state index in [0.717, 1.165) is 6.04 Å². The Morgan fingerprint density at radius 1 is 1.11 bits per heavy atom. The van der Waals surface area contributed by atoms with Crippen molar-refractivity contribution >= 4 is 11.4 Å². The molecule has 1 aromatic carbocycles. The van der Waals surface area contributed by atoms with Crippen LogP contribution in [-0.4, -0.2) is 19.1 Å². The van der Waals surface area contributed by atoms with E-state index in [1.54, 1.807) is 0 Å². The van der Waals surface area contributed by atoms with Gasteiger partial charge in [-0.25, -0.2) is 0 Å². The number of hydrogen-bond donors (Lipinski definition) is 1. The number of aryl methyl sites for hydroxylation is 1. The lowest BCUT2D eigenvalue weighted by Gasteiger charge is -2.34. The second-order valence-electron chi connectivity index (χ2n) is 6.33. The number of nitrogens with one attached hydrogen (secondary N) is 1. The van der Waals surface area contributed by atoms with E-state index >= 15 is 0 Å². The van der Waals surface area contributed by atoms with E-state index in [9.17, 15) is 0 Å². The highest BCUT2D eigenvalue weighted by atomic mass is 15.1. The van der Waals surface area contributed by atoms with Crippen molar-refractivity contribution in [1.82, 2.24) is 0 Å². The Hall–Kier alpha value is -1.18. The van der Waals surface area contributed by atoms with Gasteiger partial charge in [0.25, 0.3) is 0 Å². The van der Waals surface area contributed by atoms with Crippen LogP contribution in [-0.2, 0) is 6.42 Å². The summed E-state index contributed by atoms with van der Waals surface area (Å²) in [6.07, 6.45) is 9.43.